The first-order valence-corrected chi connectivity index (χ1v) is 5.78. The molecule has 0 saturated carbocycles. The fraction of sp³-hybridized carbons (Fsp3) is 0.154. The van der Waals surface area contributed by atoms with E-state index in [1.54, 1.807) is 6.92 Å². The van der Waals surface area contributed by atoms with E-state index in [9.17, 15) is 4.79 Å². The van der Waals surface area contributed by atoms with Gasteiger partial charge in [0.15, 0.2) is 11.4 Å². The predicted octanol–water partition coefficient (Wildman–Crippen LogP) is 2.26. The number of rotatable bonds is 3. The molecule has 0 aliphatic heterocycles. The van der Waals surface area contributed by atoms with Gasteiger partial charge in [-0.25, -0.2) is 9.97 Å². The number of carboxylic acids is 1. The minimum Gasteiger partial charge on any atom is -0.480 e. The topological polar surface area (TPSA) is 88.3 Å². The van der Waals surface area contributed by atoms with E-state index in [2.05, 4.69) is 15.3 Å². The average Bonchev–Trinajstić information content (AvgIpc) is 2.78. The minimum absolute atomic E-state index is 0.385. The zero-order chi connectivity index (χ0) is 13.4. The van der Waals surface area contributed by atoms with Gasteiger partial charge in [0.1, 0.15) is 23.5 Å². The Morgan fingerprint density at radius 3 is 2.95 bits per heavy atom. The Labute approximate surface area is 108 Å². The van der Waals surface area contributed by atoms with Crippen molar-refractivity contribution < 1.29 is 14.3 Å². The number of benzene rings is 1. The van der Waals surface area contributed by atoms with Gasteiger partial charge in [-0.15, -0.1) is 0 Å². The maximum atomic E-state index is 10.9. The Balaban J connectivity index is 2.18. The summed E-state index contributed by atoms with van der Waals surface area (Å²) in [6, 6.07) is 6.74. The van der Waals surface area contributed by atoms with Crippen LogP contribution in [0.15, 0.2) is 35.0 Å². The molecule has 0 bridgehead atoms. The number of aliphatic carboxylic acids is 1. The second-order valence-corrected chi connectivity index (χ2v) is 4.20. The number of anilines is 1. The molecule has 96 valence electrons. The highest BCUT2D eigenvalue weighted by molar-refractivity contribution is 6.05. The zero-order valence-corrected chi connectivity index (χ0v) is 10.1. The van der Waals surface area contributed by atoms with Gasteiger partial charge < -0.3 is 14.8 Å². The number of para-hydroxylation sites is 1. The summed E-state index contributed by atoms with van der Waals surface area (Å²) in [6.07, 6.45) is 1.39. The number of hydrogen-bond acceptors (Lipinski definition) is 5. The van der Waals surface area contributed by atoms with Crippen molar-refractivity contribution in [3.8, 4) is 0 Å². The number of aromatic nitrogens is 2. The molecule has 0 aliphatic rings. The molecule has 3 rings (SSSR count). The zero-order valence-electron chi connectivity index (χ0n) is 10.1. The molecule has 1 atom stereocenters. The van der Waals surface area contributed by atoms with Crippen LogP contribution in [0.2, 0.25) is 0 Å². The number of carboxylic acid groups (broad SMARTS) is 1. The summed E-state index contributed by atoms with van der Waals surface area (Å²) in [6.45, 7) is 1.54. The lowest BCUT2D eigenvalue weighted by atomic mass is 10.2. The average molecular weight is 257 g/mol. The lowest BCUT2D eigenvalue weighted by Gasteiger charge is -2.09. The van der Waals surface area contributed by atoms with Crippen molar-refractivity contribution in [3.05, 3.63) is 30.6 Å². The lowest BCUT2D eigenvalue weighted by Crippen LogP contribution is -2.25. The van der Waals surface area contributed by atoms with Crippen LogP contribution >= 0.6 is 0 Å². The van der Waals surface area contributed by atoms with E-state index in [0.717, 1.165) is 5.39 Å². The Bertz CT molecular complexity index is 766. The van der Waals surface area contributed by atoms with Crippen LogP contribution in [0.4, 0.5) is 5.82 Å². The fourth-order valence-electron chi connectivity index (χ4n) is 1.89. The standard InChI is InChI=1S/C13H11N3O3/c1-7(13(17)18)16-12-11-10(14-6-15-12)8-4-2-3-5-9(8)19-11/h2-7H,1H3,(H,17,18)(H,14,15,16)/t7-/m1/s1. The van der Waals surface area contributed by atoms with Gasteiger partial charge in [0.2, 0.25) is 0 Å². The summed E-state index contributed by atoms with van der Waals surface area (Å²) in [5, 5.41) is 12.6. The molecular weight excluding hydrogens is 246 g/mol. The summed E-state index contributed by atoms with van der Waals surface area (Å²) in [5.41, 5.74) is 1.84. The highest BCUT2D eigenvalue weighted by Gasteiger charge is 2.17. The molecular formula is C13H11N3O3. The van der Waals surface area contributed by atoms with Crippen LogP contribution in [0.1, 0.15) is 6.92 Å². The molecule has 1 aromatic carbocycles. The number of hydrogen-bond donors (Lipinski definition) is 2. The summed E-state index contributed by atoms with van der Waals surface area (Å²) in [7, 11) is 0. The lowest BCUT2D eigenvalue weighted by molar-refractivity contribution is -0.137. The first kappa shape index (κ1) is 11.5. The highest BCUT2D eigenvalue weighted by atomic mass is 16.4. The highest BCUT2D eigenvalue weighted by Crippen LogP contribution is 2.30. The third kappa shape index (κ3) is 1.87. The Morgan fingerprint density at radius 1 is 1.37 bits per heavy atom. The molecule has 0 amide bonds. The Hall–Kier alpha value is -2.63. The normalized spacial score (nSPS) is 12.7. The first-order chi connectivity index (χ1) is 9.16. The molecule has 0 spiro atoms. The number of fused-ring (bicyclic) bond motifs is 3. The van der Waals surface area contributed by atoms with Crippen LogP contribution in [0.3, 0.4) is 0 Å². The molecule has 0 radical (unpaired) electrons. The van der Waals surface area contributed by atoms with Gasteiger partial charge in [0.25, 0.3) is 0 Å². The van der Waals surface area contributed by atoms with Gasteiger partial charge in [-0.2, -0.15) is 0 Å². The summed E-state index contributed by atoms with van der Waals surface area (Å²) >= 11 is 0. The van der Waals surface area contributed by atoms with Crippen LogP contribution in [-0.2, 0) is 4.79 Å². The maximum absolute atomic E-state index is 10.9. The van der Waals surface area contributed by atoms with Gasteiger partial charge in [0.05, 0.1) is 0 Å². The summed E-state index contributed by atoms with van der Waals surface area (Å²) < 4.78 is 5.68. The molecule has 0 unspecified atom stereocenters. The van der Waals surface area contributed by atoms with Crippen molar-refractivity contribution in [2.45, 2.75) is 13.0 Å². The minimum atomic E-state index is -0.956. The van der Waals surface area contributed by atoms with Crippen molar-refractivity contribution in [2.75, 3.05) is 5.32 Å². The molecule has 19 heavy (non-hydrogen) atoms. The Morgan fingerprint density at radius 2 is 2.16 bits per heavy atom. The first-order valence-electron chi connectivity index (χ1n) is 5.78. The van der Waals surface area contributed by atoms with E-state index >= 15 is 0 Å². The third-order valence-electron chi connectivity index (χ3n) is 2.88. The van der Waals surface area contributed by atoms with Crippen LogP contribution in [0.5, 0.6) is 0 Å². The molecule has 0 aliphatic carbocycles. The Kier molecular flexibility index (Phi) is 2.56. The second kappa shape index (κ2) is 4.24. The van der Waals surface area contributed by atoms with E-state index < -0.39 is 12.0 Å². The van der Waals surface area contributed by atoms with Crippen molar-refractivity contribution in [3.63, 3.8) is 0 Å². The number of furan rings is 1. The van der Waals surface area contributed by atoms with E-state index in [1.807, 2.05) is 24.3 Å². The van der Waals surface area contributed by atoms with Crippen LogP contribution in [0.25, 0.3) is 22.1 Å². The smallest absolute Gasteiger partial charge is 0.325 e. The SMILES string of the molecule is C[C@@H](Nc1ncnc2c1oc1ccccc12)C(=O)O. The van der Waals surface area contributed by atoms with E-state index in [4.69, 9.17) is 9.52 Å². The van der Waals surface area contributed by atoms with Gasteiger partial charge in [0, 0.05) is 5.39 Å². The molecule has 6 heteroatoms. The molecule has 2 N–H and O–H groups in total. The number of nitrogens with one attached hydrogen (secondary N) is 1. The quantitative estimate of drug-likeness (QED) is 0.748. The van der Waals surface area contributed by atoms with Crippen molar-refractivity contribution >= 4 is 33.9 Å². The van der Waals surface area contributed by atoms with Crippen molar-refractivity contribution in [1.29, 1.82) is 0 Å². The van der Waals surface area contributed by atoms with E-state index in [1.165, 1.54) is 6.33 Å². The number of carbonyl (C=O) groups is 1. The summed E-state index contributed by atoms with van der Waals surface area (Å²) in [5.74, 6) is -0.570. The third-order valence-corrected chi connectivity index (χ3v) is 2.88. The molecule has 3 aromatic rings. The van der Waals surface area contributed by atoms with Crippen molar-refractivity contribution in [1.82, 2.24) is 9.97 Å². The van der Waals surface area contributed by atoms with Crippen LogP contribution < -0.4 is 5.32 Å². The maximum Gasteiger partial charge on any atom is 0.325 e. The molecule has 0 fully saturated rings. The fourth-order valence-corrected chi connectivity index (χ4v) is 1.89. The monoisotopic (exact) mass is 257 g/mol. The van der Waals surface area contributed by atoms with Gasteiger partial charge in [-0.1, -0.05) is 12.1 Å². The van der Waals surface area contributed by atoms with Gasteiger partial charge in [-0.3, -0.25) is 4.79 Å². The van der Waals surface area contributed by atoms with Crippen LogP contribution in [-0.4, -0.2) is 27.1 Å². The molecule has 2 aromatic heterocycles. The largest absolute Gasteiger partial charge is 0.480 e. The summed E-state index contributed by atoms with van der Waals surface area (Å²) in [4.78, 5) is 19.1. The predicted molar refractivity (Wildman–Crippen MR) is 70.0 cm³/mol. The van der Waals surface area contributed by atoms with E-state index in [0.29, 0.717) is 22.5 Å². The number of nitrogens with zero attached hydrogens (tertiary/aromatic N) is 2. The van der Waals surface area contributed by atoms with Gasteiger partial charge in [-0.05, 0) is 19.1 Å². The van der Waals surface area contributed by atoms with Gasteiger partial charge >= 0.3 is 5.97 Å². The second-order valence-electron chi connectivity index (χ2n) is 4.20. The molecule has 2 heterocycles. The van der Waals surface area contributed by atoms with E-state index in [-0.39, 0.29) is 0 Å². The van der Waals surface area contributed by atoms with Crippen molar-refractivity contribution in [2.24, 2.45) is 0 Å². The molecule has 0 saturated heterocycles. The molecule has 6 nitrogen and oxygen atoms in total. The van der Waals surface area contributed by atoms with Crippen LogP contribution in [0, 0.1) is 0 Å².